The Hall–Kier alpha value is -2.41. The number of hydrogen-bond acceptors (Lipinski definition) is 6. The van der Waals surface area contributed by atoms with Crippen LogP contribution < -0.4 is 10.6 Å². The van der Waals surface area contributed by atoms with Crippen molar-refractivity contribution in [3.05, 3.63) is 36.0 Å². The first kappa shape index (κ1) is 17.0. The second-order valence-electron chi connectivity index (χ2n) is 5.31. The quantitative estimate of drug-likeness (QED) is 0.691. The number of aryl methyl sites for hydroxylation is 1. The third-order valence-electron chi connectivity index (χ3n) is 3.28. The maximum Gasteiger partial charge on any atom is 0.250 e. The molecule has 1 amide bonds. The Balaban J connectivity index is 1.99. The molecule has 1 aromatic carbocycles. The summed E-state index contributed by atoms with van der Waals surface area (Å²) >= 11 is 0. The number of amides is 1. The van der Waals surface area contributed by atoms with Crippen molar-refractivity contribution < 1.29 is 14.4 Å². The summed E-state index contributed by atoms with van der Waals surface area (Å²) < 4.78 is 5.28. The van der Waals surface area contributed by atoms with Crippen LogP contribution in [0, 0.1) is 0 Å². The lowest BCUT2D eigenvalue weighted by Gasteiger charge is -2.12. The van der Waals surface area contributed by atoms with E-state index in [1.165, 1.54) is 0 Å². The van der Waals surface area contributed by atoms with Crippen LogP contribution in [-0.4, -0.2) is 27.8 Å². The monoisotopic (exact) mass is 318 g/mol. The number of hydrogen-bond donors (Lipinski definition) is 3. The number of anilines is 2. The molecule has 0 saturated carbocycles. The van der Waals surface area contributed by atoms with Gasteiger partial charge in [-0.05, 0) is 31.5 Å². The smallest absolute Gasteiger partial charge is 0.250 e. The van der Waals surface area contributed by atoms with Gasteiger partial charge in [0.1, 0.15) is 12.6 Å². The molecule has 0 aliphatic carbocycles. The molecule has 0 spiro atoms. The number of aromatic nitrogens is 2. The van der Waals surface area contributed by atoms with Crippen molar-refractivity contribution >= 4 is 17.3 Å². The topological polar surface area (TPSA) is 100 Å². The zero-order valence-electron chi connectivity index (χ0n) is 13.4. The van der Waals surface area contributed by atoms with Gasteiger partial charge in [0, 0.05) is 17.8 Å². The molecule has 23 heavy (non-hydrogen) atoms. The molecular weight excluding hydrogens is 296 g/mol. The van der Waals surface area contributed by atoms with Gasteiger partial charge in [-0.3, -0.25) is 4.79 Å². The van der Waals surface area contributed by atoms with Gasteiger partial charge in [0.15, 0.2) is 5.82 Å². The number of aliphatic hydroxyl groups is 1. The van der Waals surface area contributed by atoms with Crippen molar-refractivity contribution in [1.82, 2.24) is 10.1 Å². The van der Waals surface area contributed by atoms with Crippen LogP contribution in [0.3, 0.4) is 0 Å². The Morgan fingerprint density at radius 1 is 1.39 bits per heavy atom. The van der Waals surface area contributed by atoms with Crippen LogP contribution in [0.1, 0.15) is 44.4 Å². The fourth-order valence-electron chi connectivity index (χ4n) is 2.08. The van der Waals surface area contributed by atoms with E-state index in [9.17, 15) is 4.79 Å². The van der Waals surface area contributed by atoms with Crippen molar-refractivity contribution in [1.29, 1.82) is 0 Å². The molecule has 7 nitrogen and oxygen atoms in total. The first-order chi connectivity index (χ1) is 11.1. The molecule has 1 aromatic heterocycles. The third-order valence-corrected chi connectivity index (χ3v) is 3.28. The highest BCUT2D eigenvalue weighted by Crippen LogP contribution is 2.21. The molecule has 1 unspecified atom stereocenters. The zero-order chi connectivity index (χ0) is 16.7. The molecular formula is C16H22N4O3. The van der Waals surface area contributed by atoms with Gasteiger partial charge in [-0.15, -0.1) is 0 Å². The molecule has 0 aliphatic rings. The Labute approximate surface area is 135 Å². The molecule has 1 heterocycles. The van der Waals surface area contributed by atoms with Crippen molar-refractivity contribution in [3.63, 3.8) is 0 Å². The molecule has 7 heteroatoms. The van der Waals surface area contributed by atoms with E-state index in [0.717, 1.165) is 30.8 Å². The average molecular weight is 318 g/mol. The van der Waals surface area contributed by atoms with Gasteiger partial charge < -0.3 is 20.3 Å². The van der Waals surface area contributed by atoms with E-state index in [0.29, 0.717) is 11.6 Å². The Kier molecular flexibility index (Phi) is 6.10. The highest BCUT2D eigenvalue weighted by Gasteiger charge is 2.14. The van der Waals surface area contributed by atoms with E-state index in [4.69, 9.17) is 9.63 Å². The van der Waals surface area contributed by atoms with Crippen molar-refractivity contribution in [2.24, 2.45) is 0 Å². The lowest BCUT2D eigenvalue weighted by atomic mass is 10.2. The fraction of sp³-hybridized carbons (Fsp3) is 0.438. The lowest BCUT2D eigenvalue weighted by molar-refractivity contribution is -0.118. The number of carbonyl (C=O) groups is 1. The number of benzene rings is 1. The standard InChI is InChI=1S/C16H22N4O3/c1-3-4-8-14-19-16(23-20-14)11(2)17-12-6-5-7-13(9-12)18-15(22)10-21/h5-7,9,11,17,21H,3-4,8,10H2,1-2H3,(H,18,22). The van der Waals surface area contributed by atoms with Gasteiger partial charge in [0.05, 0.1) is 0 Å². The Morgan fingerprint density at radius 2 is 2.17 bits per heavy atom. The zero-order valence-corrected chi connectivity index (χ0v) is 13.4. The van der Waals surface area contributed by atoms with E-state index in [1.807, 2.05) is 19.1 Å². The van der Waals surface area contributed by atoms with E-state index in [2.05, 4.69) is 27.7 Å². The van der Waals surface area contributed by atoms with Gasteiger partial charge in [-0.2, -0.15) is 4.98 Å². The summed E-state index contributed by atoms with van der Waals surface area (Å²) in [5.74, 6) is 0.799. The second-order valence-corrected chi connectivity index (χ2v) is 5.31. The van der Waals surface area contributed by atoms with Gasteiger partial charge in [-0.1, -0.05) is 24.6 Å². The Bertz CT molecular complexity index is 642. The minimum Gasteiger partial charge on any atom is -0.387 e. The maximum atomic E-state index is 11.2. The van der Waals surface area contributed by atoms with Gasteiger partial charge >= 0.3 is 0 Å². The van der Waals surface area contributed by atoms with Crippen molar-refractivity contribution in [2.75, 3.05) is 17.2 Å². The number of aliphatic hydroxyl groups excluding tert-OH is 1. The molecule has 2 rings (SSSR count). The third kappa shape index (κ3) is 5.07. The van der Waals surface area contributed by atoms with Crippen LogP contribution in [0.4, 0.5) is 11.4 Å². The summed E-state index contributed by atoms with van der Waals surface area (Å²) in [6.45, 7) is 3.50. The summed E-state index contributed by atoms with van der Waals surface area (Å²) in [5.41, 5.74) is 1.41. The number of nitrogens with one attached hydrogen (secondary N) is 2. The predicted molar refractivity (Wildman–Crippen MR) is 87.1 cm³/mol. The van der Waals surface area contributed by atoms with Crippen LogP contribution in [-0.2, 0) is 11.2 Å². The van der Waals surface area contributed by atoms with Crippen LogP contribution in [0.2, 0.25) is 0 Å². The number of unbranched alkanes of at least 4 members (excludes halogenated alkanes) is 1. The predicted octanol–water partition coefficient (Wildman–Crippen LogP) is 2.52. The first-order valence-corrected chi connectivity index (χ1v) is 7.72. The van der Waals surface area contributed by atoms with Crippen LogP contribution in [0.15, 0.2) is 28.8 Å². The number of nitrogens with zero attached hydrogens (tertiary/aromatic N) is 2. The summed E-state index contributed by atoms with van der Waals surface area (Å²) in [6.07, 6.45) is 2.94. The normalized spacial score (nSPS) is 12.0. The summed E-state index contributed by atoms with van der Waals surface area (Å²) in [7, 11) is 0. The van der Waals surface area contributed by atoms with Crippen LogP contribution >= 0.6 is 0 Å². The lowest BCUT2D eigenvalue weighted by Crippen LogP contribution is -2.15. The molecule has 0 radical (unpaired) electrons. The molecule has 2 aromatic rings. The van der Waals surface area contributed by atoms with E-state index in [1.54, 1.807) is 12.1 Å². The van der Waals surface area contributed by atoms with Crippen molar-refractivity contribution in [3.8, 4) is 0 Å². The second kappa shape index (κ2) is 8.28. The van der Waals surface area contributed by atoms with E-state index >= 15 is 0 Å². The first-order valence-electron chi connectivity index (χ1n) is 7.72. The van der Waals surface area contributed by atoms with Crippen molar-refractivity contribution in [2.45, 2.75) is 39.2 Å². The molecule has 0 saturated heterocycles. The van der Waals surface area contributed by atoms with Gasteiger partial charge in [0.25, 0.3) is 0 Å². The minimum absolute atomic E-state index is 0.151. The summed E-state index contributed by atoms with van der Waals surface area (Å²) in [5, 5.41) is 18.6. The fourth-order valence-corrected chi connectivity index (χ4v) is 2.08. The molecule has 124 valence electrons. The van der Waals surface area contributed by atoms with Crippen LogP contribution in [0.25, 0.3) is 0 Å². The summed E-state index contributed by atoms with van der Waals surface area (Å²) in [6, 6.07) is 7.06. The SMILES string of the molecule is CCCCc1noc(C(C)Nc2cccc(NC(=O)CO)c2)n1. The highest BCUT2D eigenvalue weighted by molar-refractivity contribution is 5.91. The summed E-state index contributed by atoms with van der Waals surface area (Å²) in [4.78, 5) is 15.6. The number of carbonyl (C=O) groups excluding carboxylic acids is 1. The molecule has 0 fully saturated rings. The molecule has 3 N–H and O–H groups in total. The molecule has 1 atom stereocenters. The Morgan fingerprint density at radius 3 is 2.91 bits per heavy atom. The highest BCUT2D eigenvalue weighted by atomic mass is 16.5. The molecule has 0 aliphatic heterocycles. The van der Waals surface area contributed by atoms with Crippen LogP contribution in [0.5, 0.6) is 0 Å². The average Bonchev–Trinajstić information content (AvgIpc) is 3.02. The van der Waals surface area contributed by atoms with Gasteiger partial charge in [0.2, 0.25) is 11.8 Å². The number of rotatable bonds is 8. The molecule has 0 bridgehead atoms. The van der Waals surface area contributed by atoms with E-state index < -0.39 is 12.5 Å². The van der Waals surface area contributed by atoms with E-state index in [-0.39, 0.29) is 6.04 Å². The maximum absolute atomic E-state index is 11.2. The largest absolute Gasteiger partial charge is 0.387 e. The minimum atomic E-state index is -0.545. The van der Waals surface area contributed by atoms with Gasteiger partial charge in [-0.25, -0.2) is 0 Å².